The number of hydrogen-bond acceptors (Lipinski definition) is 3. The zero-order chi connectivity index (χ0) is 13.7. The van der Waals surface area contributed by atoms with Crippen LogP contribution in [0.5, 0.6) is 0 Å². The number of rotatable bonds is 4. The molecule has 4 aliphatic carbocycles. The Labute approximate surface area is 112 Å². The molecule has 0 aliphatic heterocycles. The van der Waals surface area contributed by atoms with Gasteiger partial charge in [0.25, 0.3) is 0 Å². The molecule has 0 heterocycles. The Morgan fingerprint density at radius 1 is 1.21 bits per heavy atom. The summed E-state index contributed by atoms with van der Waals surface area (Å²) in [6.45, 7) is 4.33. The minimum atomic E-state index is -0.851. The van der Waals surface area contributed by atoms with Crippen LogP contribution in [0.15, 0.2) is 12.2 Å². The lowest BCUT2D eigenvalue weighted by molar-refractivity contribution is -0.165. The summed E-state index contributed by atoms with van der Waals surface area (Å²) in [5, 5.41) is 9.45. The fraction of sp³-hybridized carbons (Fsp3) is 0.733. The van der Waals surface area contributed by atoms with Gasteiger partial charge in [0.15, 0.2) is 0 Å². The lowest BCUT2D eigenvalue weighted by atomic mass is 9.62. The molecule has 2 bridgehead atoms. The van der Waals surface area contributed by atoms with E-state index >= 15 is 0 Å². The number of esters is 1. The molecule has 0 aromatic rings. The van der Waals surface area contributed by atoms with Gasteiger partial charge in [0.2, 0.25) is 0 Å². The van der Waals surface area contributed by atoms with E-state index in [2.05, 4.69) is 6.08 Å². The molecule has 0 radical (unpaired) electrons. The number of aliphatic carboxylic acids is 1. The van der Waals surface area contributed by atoms with Gasteiger partial charge in [0.05, 0.1) is 18.4 Å². The molecular formula is C15H20O4. The maximum Gasteiger partial charge on any atom is 0.310 e. The highest BCUT2D eigenvalue weighted by molar-refractivity contribution is 5.83. The van der Waals surface area contributed by atoms with Gasteiger partial charge in [-0.2, -0.15) is 0 Å². The Bertz CT molecular complexity index is 439. The van der Waals surface area contributed by atoms with E-state index in [1.54, 1.807) is 0 Å². The van der Waals surface area contributed by atoms with E-state index in [4.69, 9.17) is 4.74 Å². The fourth-order valence-corrected chi connectivity index (χ4v) is 3.88. The smallest absolute Gasteiger partial charge is 0.310 e. The van der Waals surface area contributed by atoms with Crippen molar-refractivity contribution in [2.24, 2.45) is 41.4 Å². The number of hydrogen-bond donors (Lipinski definition) is 1. The SMILES string of the molecule is CC(C)COC(=O)C1C2C=CC(C3CC23)C1C(=O)O. The van der Waals surface area contributed by atoms with Gasteiger partial charge < -0.3 is 9.84 Å². The van der Waals surface area contributed by atoms with Gasteiger partial charge in [-0.3, -0.25) is 9.59 Å². The van der Waals surface area contributed by atoms with Gasteiger partial charge in [-0.1, -0.05) is 26.0 Å². The monoisotopic (exact) mass is 264 g/mol. The van der Waals surface area contributed by atoms with Crippen molar-refractivity contribution < 1.29 is 19.4 Å². The van der Waals surface area contributed by atoms with Crippen molar-refractivity contribution in [3.63, 3.8) is 0 Å². The first-order valence-electron chi connectivity index (χ1n) is 7.08. The van der Waals surface area contributed by atoms with E-state index < -0.39 is 17.8 Å². The highest BCUT2D eigenvalue weighted by Crippen LogP contribution is 2.63. The largest absolute Gasteiger partial charge is 0.481 e. The summed E-state index contributed by atoms with van der Waals surface area (Å²) >= 11 is 0. The fourth-order valence-electron chi connectivity index (χ4n) is 3.88. The maximum absolute atomic E-state index is 12.3. The standard InChI is InChI=1S/C15H20O4/c1-7(2)6-19-15(18)13-9-4-3-8(10-5-11(9)10)12(13)14(16)17/h3-4,7-13H,5-6H2,1-2H3,(H,16,17). The van der Waals surface area contributed by atoms with Gasteiger partial charge in [-0.25, -0.2) is 0 Å². The van der Waals surface area contributed by atoms with E-state index in [1.165, 1.54) is 0 Å². The lowest BCUT2D eigenvalue weighted by Crippen LogP contribution is -2.47. The van der Waals surface area contributed by atoms with Crippen LogP contribution in [0.1, 0.15) is 20.3 Å². The summed E-state index contributed by atoms with van der Waals surface area (Å²) in [5.74, 6) is -0.833. The summed E-state index contributed by atoms with van der Waals surface area (Å²) < 4.78 is 5.31. The molecule has 0 spiro atoms. The Morgan fingerprint density at radius 2 is 1.79 bits per heavy atom. The molecule has 6 atom stereocenters. The van der Waals surface area contributed by atoms with Crippen molar-refractivity contribution in [1.82, 2.24) is 0 Å². The van der Waals surface area contributed by atoms with Crippen LogP contribution >= 0.6 is 0 Å². The predicted molar refractivity (Wildman–Crippen MR) is 68.1 cm³/mol. The number of carboxylic acid groups (broad SMARTS) is 1. The molecule has 0 amide bonds. The van der Waals surface area contributed by atoms with Gasteiger partial charge in [0, 0.05) is 0 Å². The molecule has 4 aliphatic rings. The summed E-state index contributed by atoms with van der Waals surface area (Å²) in [4.78, 5) is 23.8. The third-order valence-corrected chi connectivity index (χ3v) is 4.77. The summed E-state index contributed by atoms with van der Waals surface area (Å²) in [5.41, 5.74) is 0. The summed E-state index contributed by atoms with van der Waals surface area (Å²) in [7, 11) is 0. The van der Waals surface area contributed by atoms with Crippen molar-refractivity contribution in [3.05, 3.63) is 12.2 Å². The number of carbonyl (C=O) groups is 2. The molecule has 19 heavy (non-hydrogen) atoms. The van der Waals surface area contributed by atoms with E-state index in [0.717, 1.165) is 6.42 Å². The Balaban J connectivity index is 1.80. The molecule has 0 saturated heterocycles. The molecule has 0 aromatic heterocycles. The van der Waals surface area contributed by atoms with Gasteiger partial charge in [0.1, 0.15) is 0 Å². The maximum atomic E-state index is 12.3. The van der Waals surface area contributed by atoms with Crippen molar-refractivity contribution in [2.45, 2.75) is 20.3 Å². The molecule has 1 N–H and O–H groups in total. The van der Waals surface area contributed by atoms with Crippen LogP contribution in [-0.4, -0.2) is 23.7 Å². The predicted octanol–water partition coefficient (Wildman–Crippen LogP) is 1.95. The minimum Gasteiger partial charge on any atom is -0.481 e. The number of allylic oxidation sites excluding steroid dienone is 2. The Hall–Kier alpha value is -1.32. The minimum absolute atomic E-state index is 0.0316. The first-order chi connectivity index (χ1) is 9.00. The third-order valence-electron chi connectivity index (χ3n) is 4.77. The lowest BCUT2D eigenvalue weighted by Gasteiger charge is -2.41. The van der Waals surface area contributed by atoms with Crippen LogP contribution in [-0.2, 0) is 14.3 Å². The molecule has 4 heteroatoms. The highest BCUT2D eigenvalue weighted by atomic mass is 16.5. The molecule has 0 aromatic carbocycles. The molecule has 2 fully saturated rings. The van der Waals surface area contributed by atoms with Crippen molar-refractivity contribution in [3.8, 4) is 0 Å². The molecular weight excluding hydrogens is 244 g/mol. The second-order valence-electron chi connectivity index (χ2n) is 6.52. The normalized spacial score (nSPS) is 42.1. The average Bonchev–Trinajstić information content (AvgIpc) is 3.16. The first-order valence-corrected chi connectivity index (χ1v) is 7.08. The molecule has 4 rings (SSSR count). The second kappa shape index (κ2) is 4.36. The quantitative estimate of drug-likeness (QED) is 0.622. The highest BCUT2D eigenvalue weighted by Gasteiger charge is 2.63. The third kappa shape index (κ3) is 1.97. The number of carbonyl (C=O) groups excluding carboxylic acids is 1. The van der Waals surface area contributed by atoms with Crippen molar-refractivity contribution in [1.29, 1.82) is 0 Å². The van der Waals surface area contributed by atoms with Crippen LogP contribution in [0.3, 0.4) is 0 Å². The molecule has 104 valence electrons. The van der Waals surface area contributed by atoms with E-state index in [9.17, 15) is 14.7 Å². The van der Waals surface area contributed by atoms with Crippen LogP contribution in [0.4, 0.5) is 0 Å². The average molecular weight is 264 g/mol. The number of ether oxygens (including phenoxy) is 1. The van der Waals surface area contributed by atoms with Gasteiger partial charge >= 0.3 is 11.9 Å². The zero-order valence-electron chi connectivity index (χ0n) is 11.3. The number of fused-ring (bicyclic) bond motifs is 1. The van der Waals surface area contributed by atoms with Crippen LogP contribution in [0, 0.1) is 41.4 Å². The van der Waals surface area contributed by atoms with Crippen molar-refractivity contribution in [2.75, 3.05) is 6.61 Å². The summed E-state index contributed by atoms with van der Waals surface area (Å²) in [6.07, 6.45) is 5.14. The topological polar surface area (TPSA) is 63.6 Å². The first kappa shape index (κ1) is 12.7. The molecule has 6 unspecified atom stereocenters. The molecule has 4 nitrogen and oxygen atoms in total. The second-order valence-corrected chi connectivity index (χ2v) is 6.52. The Morgan fingerprint density at radius 3 is 2.32 bits per heavy atom. The van der Waals surface area contributed by atoms with E-state index in [-0.39, 0.29) is 23.7 Å². The van der Waals surface area contributed by atoms with E-state index in [0.29, 0.717) is 18.4 Å². The van der Waals surface area contributed by atoms with Crippen LogP contribution in [0.2, 0.25) is 0 Å². The molecule has 2 saturated carbocycles. The summed E-state index contributed by atoms with van der Waals surface area (Å²) in [6, 6.07) is 0. The van der Waals surface area contributed by atoms with Crippen molar-refractivity contribution >= 4 is 11.9 Å². The van der Waals surface area contributed by atoms with Crippen LogP contribution in [0.25, 0.3) is 0 Å². The number of carboxylic acids is 1. The van der Waals surface area contributed by atoms with Gasteiger partial charge in [-0.15, -0.1) is 0 Å². The van der Waals surface area contributed by atoms with E-state index in [1.807, 2.05) is 19.9 Å². The van der Waals surface area contributed by atoms with Gasteiger partial charge in [-0.05, 0) is 36.0 Å². The van der Waals surface area contributed by atoms with Crippen LogP contribution < -0.4 is 0 Å². The Kier molecular flexibility index (Phi) is 2.91. The zero-order valence-corrected chi connectivity index (χ0v) is 11.3.